The molecule has 0 unspecified atom stereocenters. The molecule has 0 spiro atoms. The number of rotatable bonds is 7. The summed E-state index contributed by atoms with van der Waals surface area (Å²) in [6.07, 6.45) is 1.84. The molecule has 0 fully saturated rings. The Bertz CT molecular complexity index is 2160. The number of halogens is 1. The van der Waals surface area contributed by atoms with E-state index in [1.807, 2.05) is 60.9 Å². The monoisotopic (exact) mass is 637 g/mol. The Kier molecular flexibility index (Phi) is 8.14. The van der Waals surface area contributed by atoms with Crippen molar-refractivity contribution in [3.05, 3.63) is 149 Å². The summed E-state index contributed by atoms with van der Waals surface area (Å²) >= 11 is 7.47. The predicted octanol–water partition coefficient (Wildman–Crippen LogP) is 5.69. The van der Waals surface area contributed by atoms with Crippen LogP contribution in [0.4, 0.5) is 0 Å². The fourth-order valence-corrected chi connectivity index (χ4v) is 6.74. The number of carboxylic acids is 1. The Balaban J connectivity index is 1.56. The number of aromatic nitrogens is 2. The number of benzene rings is 3. The third-order valence-electron chi connectivity index (χ3n) is 7.69. The molecule has 226 valence electrons. The van der Waals surface area contributed by atoms with E-state index in [4.69, 9.17) is 21.3 Å². The van der Waals surface area contributed by atoms with Crippen LogP contribution in [0.2, 0.25) is 5.02 Å². The van der Waals surface area contributed by atoms with Crippen molar-refractivity contribution in [2.75, 3.05) is 6.61 Å². The molecule has 0 amide bonds. The lowest BCUT2D eigenvalue weighted by Crippen LogP contribution is -2.40. The highest BCUT2D eigenvalue weighted by molar-refractivity contribution is 7.07. The molecule has 1 aliphatic heterocycles. The number of esters is 1. The van der Waals surface area contributed by atoms with E-state index < -0.39 is 18.0 Å². The fraction of sp³-hybridized carbons (Fsp3) is 0.143. The number of carbonyl (C=O) groups excluding carboxylic acids is 1. The van der Waals surface area contributed by atoms with Gasteiger partial charge in [0.1, 0.15) is 0 Å². The Morgan fingerprint density at radius 2 is 1.71 bits per heavy atom. The van der Waals surface area contributed by atoms with E-state index in [2.05, 4.69) is 0 Å². The Morgan fingerprint density at radius 1 is 1.02 bits per heavy atom. The SMILES string of the molecule is CCOC(=O)C1=C(c2ccccc2)N=c2s/c(=C/c3cc(C)n(-c4ccc(C(=O)O)cc4)c3C)c(=O)n2[C@@H]1c1ccc(Cl)cc1. The van der Waals surface area contributed by atoms with E-state index in [9.17, 15) is 19.5 Å². The number of carbonyl (C=O) groups is 2. The average Bonchev–Trinajstić information content (AvgIpc) is 3.50. The van der Waals surface area contributed by atoms with Gasteiger partial charge in [-0.15, -0.1) is 0 Å². The first-order valence-electron chi connectivity index (χ1n) is 14.2. The molecule has 3 aromatic carbocycles. The number of carboxylic acid groups (broad SMARTS) is 1. The average molecular weight is 638 g/mol. The smallest absolute Gasteiger partial charge is 0.338 e. The number of ether oxygens (including phenoxy) is 1. The van der Waals surface area contributed by atoms with Gasteiger partial charge >= 0.3 is 11.9 Å². The molecule has 0 radical (unpaired) electrons. The zero-order valence-electron chi connectivity index (χ0n) is 24.7. The Labute approximate surface area is 267 Å². The van der Waals surface area contributed by atoms with Crippen LogP contribution in [0.1, 0.15) is 51.4 Å². The number of nitrogens with zero attached hydrogens (tertiary/aromatic N) is 3. The summed E-state index contributed by atoms with van der Waals surface area (Å²) in [5, 5.41) is 9.82. The molecule has 1 N–H and O–H groups in total. The van der Waals surface area contributed by atoms with Crippen molar-refractivity contribution >= 4 is 46.6 Å². The van der Waals surface area contributed by atoms with Gasteiger partial charge in [-0.3, -0.25) is 9.36 Å². The minimum absolute atomic E-state index is 0.164. The number of hydrogen-bond donors (Lipinski definition) is 1. The summed E-state index contributed by atoms with van der Waals surface area (Å²) in [5.74, 6) is -1.54. The highest BCUT2D eigenvalue weighted by Gasteiger charge is 2.35. The van der Waals surface area contributed by atoms with Gasteiger partial charge < -0.3 is 14.4 Å². The summed E-state index contributed by atoms with van der Waals surface area (Å²) in [4.78, 5) is 44.5. The first-order chi connectivity index (χ1) is 21.7. The van der Waals surface area contributed by atoms with Gasteiger partial charge in [0.2, 0.25) is 0 Å². The van der Waals surface area contributed by atoms with E-state index in [1.54, 1.807) is 60.0 Å². The van der Waals surface area contributed by atoms with Gasteiger partial charge in [-0.25, -0.2) is 14.6 Å². The lowest BCUT2D eigenvalue weighted by molar-refractivity contribution is -0.138. The molecule has 0 aliphatic carbocycles. The normalized spacial score (nSPS) is 14.7. The topological polar surface area (TPSA) is 103 Å². The van der Waals surface area contributed by atoms with E-state index >= 15 is 0 Å². The van der Waals surface area contributed by atoms with Crippen molar-refractivity contribution in [1.82, 2.24) is 9.13 Å². The molecule has 2 aromatic heterocycles. The van der Waals surface area contributed by atoms with Crippen molar-refractivity contribution < 1.29 is 19.4 Å². The Hall–Kier alpha value is -4.99. The van der Waals surface area contributed by atoms with Gasteiger partial charge in [-0.05, 0) is 80.4 Å². The molecule has 6 rings (SSSR count). The van der Waals surface area contributed by atoms with Gasteiger partial charge in [0.05, 0.1) is 34.0 Å². The number of thiazole rings is 1. The molecular weight excluding hydrogens is 610 g/mol. The summed E-state index contributed by atoms with van der Waals surface area (Å²) in [5.41, 5.74) is 5.50. The van der Waals surface area contributed by atoms with Crippen molar-refractivity contribution in [3.8, 4) is 5.69 Å². The van der Waals surface area contributed by atoms with Crippen molar-refractivity contribution in [1.29, 1.82) is 0 Å². The number of hydrogen-bond acceptors (Lipinski definition) is 6. The maximum Gasteiger partial charge on any atom is 0.338 e. The molecule has 1 aliphatic rings. The van der Waals surface area contributed by atoms with Gasteiger partial charge in [0.25, 0.3) is 5.56 Å². The third-order valence-corrected chi connectivity index (χ3v) is 8.92. The van der Waals surface area contributed by atoms with Crippen LogP contribution in [-0.4, -0.2) is 32.8 Å². The second kappa shape index (κ2) is 12.2. The van der Waals surface area contributed by atoms with Crippen LogP contribution in [0, 0.1) is 13.8 Å². The Morgan fingerprint density at radius 3 is 2.36 bits per heavy atom. The van der Waals surface area contributed by atoms with Crippen LogP contribution in [0.5, 0.6) is 0 Å². The van der Waals surface area contributed by atoms with Crippen LogP contribution in [0.25, 0.3) is 17.5 Å². The van der Waals surface area contributed by atoms with Crippen molar-refractivity contribution in [2.45, 2.75) is 26.8 Å². The number of aromatic carboxylic acids is 1. The van der Waals surface area contributed by atoms with Gasteiger partial charge in [0.15, 0.2) is 4.80 Å². The second-order valence-electron chi connectivity index (χ2n) is 10.5. The maximum atomic E-state index is 14.2. The van der Waals surface area contributed by atoms with E-state index in [0.29, 0.717) is 25.6 Å². The molecule has 10 heteroatoms. The molecule has 0 bridgehead atoms. The quantitative estimate of drug-likeness (QED) is 0.231. The van der Waals surface area contributed by atoms with Crippen LogP contribution in [-0.2, 0) is 9.53 Å². The summed E-state index contributed by atoms with van der Waals surface area (Å²) in [6, 6.07) is 24.3. The van der Waals surface area contributed by atoms with E-state index in [-0.39, 0.29) is 23.3 Å². The van der Waals surface area contributed by atoms with Crippen LogP contribution >= 0.6 is 22.9 Å². The summed E-state index contributed by atoms with van der Waals surface area (Å²) in [7, 11) is 0. The minimum Gasteiger partial charge on any atom is -0.478 e. The zero-order valence-corrected chi connectivity index (χ0v) is 26.2. The molecule has 8 nitrogen and oxygen atoms in total. The lowest BCUT2D eigenvalue weighted by Gasteiger charge is -2.25. The molecule has 0 saturated carbocycles. The molecule has 1 atom stereocenters. The lowest BCUT2D eigenvalue weighted by atomic mass is 9.93. The molecule has 0 saturated heterocycles. The van der Waals surface area contributed by atoms with Gasteiger partial charge in [-0.1, -0.05) is 65.4 Å². The highest BCUT2D eigenvalue weighted by atomic mass is 35.5. The van der Waals surface area contributed by atoms with Crippen molar-refractivity contribution in [2.24, 2.45) is 4.99 Å². The minimum atomic E-state index is -0.989. The van der Waals surface area contributed by atoms with Crippen molar-refractivity contribution in [3.63, 3.8) is 0 Å². The first-order valence-corrected chi connectivity index (χ1v) is 15.4. The third kappa shape index (κ3) is 5.56. The van der Waals surface area contributed by atoms with Gasteiger partial charge in [0, 0.05) is 27.7 Å². The predicted molar refractivity (Wildman–Crippen MR) is 175 cm³/mol. The molecule has 45 heavy (non-hydrogen) atoms. The van der Waals surface area contributed by atoms with E-state index in [0.717, 1.165) is 28.2 Å². The zero-order chi connectivity index (χ0) is 31.8. The molecular formula is C35H28ClN3O5S. The fourth-order valence-electron chi connectivity index (χ4n) is 5.63. The number of aryl methyl sites for hydroxylation is 1. The largest absolute Gasteiger partial charge is 0.478 e. The molecule has 5 aromatic rings. The highest BCUT2D eigenvalue weighted by Crippen LogP contribution is 2.35. The van der Waals surface area contributed by atoms with Crippen LogP contribution < -0.4 is 14.9 Å². The van der Waals surface area contributed by atoms with Gasteiger partial charge in [-0.2, -0.15) is 0 Å². The summed E-state index contributed by atoms with van der Waals surface area (Å²) < 4.78 is 9.54. The summed E-state index contributed by atoms with van der Waals surface area (Å²) in [6.45, 7) is 5.81. The molecule has 3 heterocycles. The number of fused-ring (bicyclic) bond motifs is 1. The standard InChI is InChI=1S/C35H28ClN3O5S/c1-4-44-34(43)29-30(22-8-6-5-7-9-22)37-35-39(31(29)23-10-14-26(36)15-11-23)32(40)28(45-35)19-25-18-20(2)38(21(25)3)27-16-12-24(13-17-27)33(41)42/h5-19,31H,4H2,1-3H3,(H,41,42)/b28-19+/t31-/m1/s1. The van der Waals surface area contributed by atoms with Crippen LogP contribution in [0.3, 0.4) is 0 Å². The van der Waals surface area contributed by atoms with Crippen LogP contribution in [0.15, 0.2) is 100 Å². The van der Waals surface area contributed by atoms with E-state index in [1.165, 1.54) is 11.3 Å². The second-order valence-corrected chi connectivity index (χ2v) is 11.9. The first kappa shape index (κ1) is 30.1. The maximum absolute atomic E-state index is 14.2.